The van der Waals surface area contributed by atoms with Crippen LogP contribution in [0, 0.1) is 0 Å². The molecule has 1 aliphatic heterocycles. The number of rotatable bonds is 5. The first-order valence-corrected chi connectivity index (χ1v) is 7.47. The van der Waals surface area contributed by atoms with Crippen LogP contribution in [0.2, 0.25) is 0 Å². The predicted molar refractivity (Wildman–Crippen MR) is 84.9 cm³/mol. The maximum Gasteiger partial charge on any atom is 0.246 e. The Balaban J connectivity index is 2.25. The molecule has 1 heterocycles. The zero-order valence-electron chi connectivity index (χ0n) is 13.6. The first kappa shape index (κ1) is 17.4. The van der Waals surface area contributed by atoms with Gasteiger partial charge in [0.1, 0.15) is 0 Å². The smallest absolute Gasteiger partial charge is 0.246 e. The van der Waals surface area contributed by atoms with Gasteiger partial charge in [0, 0.05) is 51.4 Å². The third kappa shape index (κ3) is 7.09. The Morgan fingerprint density at radius 2 is 1.52 bits per heavy atom. The first-order valence-electron chi connectivity index (χ1n) is 7.47. The van der Waals surface area contributed by atoms with E-state index in [1.165, 1.54) is 0 Å². The lowest BCUT2D eigenvalue weighted by Gasteiger charge is -2.34. The number of piperazine rings is 1. The highest BCUT2D eigenvalue weighted by atomic mass is 16.2. The van der Waals surface area contributed by atoms with E-state index in [9.17, 15) is 9.59 Å². The minimum atomic E-state index is -0.0348. The number of carbonyl (C=O) groups is 2. The van der Waals surface area contributed by atoms with Crippen molar-refractivity contribution >= 4 is 11.8 Å². The number of amides is 2. The van der Waals surface area contributed by atoms with Gasteiger partial charge in [-0.1, -0.05) is 11.1 Å². The largest absolute Gasteiger partial charge is 0.351 e. The molecule has 0 aliphatic carbocycles. The Kier molecular flexibility index (Phi) is 7.15. The summed E-state index contributed by atoms with van der Waals surface area (Å²) in [6.07, 6.45) is 3.30. The zero-order chi connectivity index (χ0) is 15.8. The van der Waals surface area contributed by atoms with Gasteiger partial charge in [-0.05, 0) is 27.7 Å². The number of hydrogen-bond donors (Lipinski definition) is 1. The van der Waals surface area contributed by atoms with Gasteiger partial charge in [0.2, 0.25) is 11.8 Å². The minimum absolute atomic E-state index is 0.0348. The fourth-order valence-electron chi connectivity index (χ4n) is 2.18. The van der Waals surface area contributed by atoms with E-state index in [1.54, 1.807) is 12.2 Å². The fourth-order valence-corrected chi connectivity index (χ4v) is 2.18. The molecule has 0 aromatic heterocycles. The third-order valence-electron chi connectivity index (χ3n) is 3.24. The lowest BCUT2D eigenvalue weighted by molar-refractivity contribution is -0.127. The Morgan fingerprint density at radius 1 is 0.952 bits per heavy atom. The number of allylic oxidation sites excluding steroid dienone is 2. The van der Waals surface area contributed by atoms with Crippen LogP contribution in [-0.4, -0.2) is 60.9 Å². The molecular formula is C16H27N3O2. The van der Waals surface area contributed by atoms with Crippen molar-refractivity contribution in [2.75, 3.05) is 39.3 Å². The molecule has 0 atom stereocenters. The van der Waals surface area contributed by atoms with Gasteiger partial charge in [0.25, 0.3) is 0 Å². The summed E-state index contributed by atoms with van der Waals surface area (Å²) in [5.74, 6) is 0.0684. The highest BCUT2D eigenvalue weighted by Gasteiger charge is 2.19. The van der Waals surface area contributed by atoms with Crippen LogP contribution in [0.25, 0.3) is 0 Å². The summed E-state index contributed by atoms with van der Waals surface area (Å²) in [6, 6.07) is 0. The molecule has 5 nitrogen and oxygen atoms in total. The maximum absolute atomic E-state index is 11.9. The SMILES string of the molecule is CC(C)=CC(=O)NCCN1CCN(C(=O)C=C(C)C)CC1. The molecule has 0 radical (unpaired) electrons. The quantitative estimate of drug-likeness (QED) is 0.775. The molecule has 2 amide bonds. The van der Waals surface area contributed by atoms with E-state index in [-0.39, 0.29) is 11.8 Å². The Bertz CT molecular complexity index is 422. The van der Waals surface area contributed by atoms with Crippen molar-refractivity contribution in [3.8, 4) is 0 Å². The fraction of sp³-hybridized carbons (Fsp3) is 0.625. The minimum Gasteiger partial charge on any atom is -0.351 e. The summed E-state index contributed by atoms with van der Waals surface area (Å²) in [6.45, 7) is 12.4. The molecule has 0 saturated carbocycles. The van der Waals surface area contributed by atoms with Crippen molar-refractivity contribution in [2.45, 2.75) is 27.7 Å². The van der Waals surface area contributed by atoms with Crippen molar-refractivity contribution in [2.24, 2.45) is 0 Å². The highest BCUT2D eigenvalue weighted by molar-refractivity contribution is 5.88. The van der Waals surface area contributed by atoms with Crippen molar-refractivity contribution in [3.05, 3.63) is 23.3 Å². The van der Waals surface area contributed by atoms with Gasteiger partial charge in [-0.25, -0.2) is 0 Å². The molecule has 0 aromatic rings. The molecule has 118 valence electrons. The number of nitrogens with one attached hydrogen (secondary N) is 1. The zero-order valence-corrected chi connectivity index (χ0v) is 13.6. The van der Waals surface area contributed by atoms with Crippen molar-refractivity contribution in [3.63, 3.8) is 0 Å². The van der Waals surface area contributed by atoms with Crippen LogP contribution < -0.4 is 5.32 Å². The topological polar surface area (TPSA) is 52.7 Å². The lowest BCUT2D eigenvalue weighted by Crippen LogP contribution is -2.49. The van der Waals surface area contributed by atoms with Crippen LogP contribution >= 0.6 is 0 Å². The molecule has 1 N–H and O–H groups in total. The van der Waals surface area contributed by atoms with Crippen LogP contribution in [0.1, 0.15) is 27.7 Å². The number of hydrogen-bond acceptors (Lipinski definition) is 3. The van der Waals surface area contributed by atoms with Gasteiger partial charge in [-0.15, -0.1) is 0 Å². The average molecular weight is 293 g/mol. The molecular weight excluding hydrogens is 266 g/mol. The summed E-state index contributed by atoms with van der Waals surface area (Å²) < 4.78 is 0. The van der Waals surface area contributed by atoms with E-state index in [0.29, 0.717) is 6.54 Å². The van der Waals surface area contributed by atoms with Crippen LogP contribution in [0.4, 0.5) is 0 Å². The molecule has 0 aromatic carbocycles. The van der Waals surface area contributed by atoms with Gasteiger partial charge in [0.15, 0.2) is 0 Å². The van der Waals surface area contributed by atoms with Gasteiger partial charge in [-0.2, -0.15) is 0 Å². The van der Waals surface area contributed by atoms with Gasteiger partial charge in [-0.3, -0.25) is 14.5 Å². The van der Waals surface area contributed by atoms with Crippen molar-refractivity contribution in [1.82, 2.24) is 15.1 Å². The van der Waals surface area contributed by atoms with E-state index in [0.717, 1.165) is 43.9 Å². The molecule has 1 fully saturated rings. The lowest BCUT2D eigenvalue weighted by atomic mass is 10.2. The van der Waals surface area contributed by atoms with Gasteiger partial charge in [0.05, 0.1) is 0 Å². The highest BCUT2D eigenvalue weighted by Crippen LogP contribution is 2.03. The predicted octanol–water partition coefficient (Wildman–Crippen LogP) is 1.18. The summed E-state index contributed by atoms with van der Waals surface area (Å²) in [4.78, 5) is 27.5. The monoisotopic (exact) mass is 293 g/mol. The average Bonchev–Trinajstić information content (AvgIpc) is 2.37. The Morgan fingerprint density at radius 3 is 2.05 bits per heavy atom. The molecule has 0 bridgehead atoms. The van der Waals surface area contributed by atoms with E-state index in [2.05, 4.69) is 10.2 Å². The number of carbonyl (C=O) groups excluding carboxylic acids is 2. The van der Waals surface area contributed by atoms with Crippen LogP contribution in [-0.2, 0) is 9.59 Å². The summed E-state index contributed by atoms with van der Waals surface area (Å²) in [7, 11) is 0. The number of nitrogens with zero attached hydrogens (tertiary/aromatic N) is 2. The third-order valence-corrected chi connectivity index (χ3v) is 3.24. The summed E-state index contributed by atoms with van der Waals surface area (Å²) >= 11 is 0. The standard InChI is InChI=1S/C16H27N3O2/c1-13(2)11-15(20)17-5-6-18-7-9-19(10-8-18)16(21)12-14(3)4/h11-12H,5-10H2,1-4H3,(H,17,20). The summed E-state index contributed by atoms with van der Waals surface area (Å²) in [5, 5.41) is 2.87. The molecule has 21 heavy (non-hydrogen) atoms. The van der Waals surface area contributed by atoms with E-state index in [1.807, 2.05) is 32.6 Å². The van der Waals surface area contributed by atoms with Crippen molar-refractivity contribution in [1.29, 1.82) is 0 Å². The molecule has 1 rings (SSSR count). The Labute approximate surface area is 127 Å². The molecule has 1 aliphatic rings. The van der Waals surface area contributed by atoms with Crippen LogP contribution in [0.3, 0.4) is 0 Å². The second-order valence-electron chi connectivity index (χ2n) is 5.90. The summed E-state index contributed by atoms with van der Waals surface area (Å²) in [5.41, 5.74) is 2.03. The van der Waals surface area contributed by atoms with Crippen molar-refractivity contribution < 1.29 is 9.59 Å². The first-order chi connectivity index (χ1) is 9.88. The van der Waals surface area contributed by atoms with Crippen LogP contribution in [0.15, 0.2) is 23.3 Å². The molecule has 0 spiro atoms. The normalized spacial score (nSPS) is 15.3. The van der Waals surface area contributed by atoms with Crippen LogP contribution in [0.5, 0.6) is 0 Å². The van der Waals surface area contributed by atoms with E-state index >= 15 is 0 Å². The Hall–Kier alpha value is -1.62. The molecule has 1 saturated heterocycles. The van der Waals surface area contributed by atoms with E-state index in [4.69, 9.17) is 0 Å². The molecule has 5 heteroatoms. The van der Waals surface area contributed by atoms with E-state index < -0.39 is 0 Å². The van der Waals surface area contributed by atoms with Gasteiger partial charge >= 0.3 is 0 Å². The van der Waals surface area contributed by atoms with Gasteiger partial charge < -0.3 is 10.2 Å². The second kappa shape index (κ2) is 8.62. The maximum atomic E-state index is 11.9. The second-order valence-corrected chi connectivity index (χ2v) is 5.90. The molecule has 0 unspecified atom stereocenters.